The SMILES string of the molecule is Cc1ccccc1CSc1nc(N)c(C#N)c[nH+]1. The van der Waals surface area contributed by atoms with Crippen molar-refractivity contribution >= 4 is 17.6 Å². The summed E-state index contributed by atoms with van der Waals surface area (Å²) in [6, 6.07) is 10.2. The maximum atomic E-state index is 8.76. The Kier molecular flexibility index (Phi) is 3.80. The molecule has 90 valence electrons. The van der Waals surface area contributed by atoms with Gasteiger partial charge in [-0.05, 0) is 34.8 Å². The number of nitrogens with one attached hydrogen (secondary N) is 1. The van der Waals surface area contributed by atoms with E-state index in [2.05, 4.69) is 29.0 Å². The van der Waals surface area contributed by atoms with Crippen LogP contribution in [0.1, 0.15) is 16.7 Å². The van der Waals surface area contributed by atoms with Crippen LogP contribution in [0.15, 0.2) is 35.6 Å². The number of nitriles is 1. The van der Waals surface area contributed by atoms with Crippen molar-refractivity contribution < 1.29 is 4.98 Å². The van der Waals surface area contributed by atoms with Crippen molar-refractivity contribution in [3.05, 3.63) is 47.2 Å². The topological polar surface area (TPSA) is 76.8 Å². The standard InChI is InChI=1S/C13H12N4S/c1-9-4-2-3-5-10(9)8-18-13-16-7-11(6-14)12(15)17-13/h2-5,7H,8H2,1H3,(H2,15,16,17)/p+1. The number of hydrogen-bond donors (Lipinski definition) is 1. The lowest BCUT2D eigenvalue weighted by Crippen LogP contribution is -2.12. The lowest BCUT2D eigenvalue weighted by atomic mass is 10.1. The van der Waals surface area contributed by atoms with Crippen molar-refractivity contribution in [1.29, 1.82) is 5.26 Å². The van der Waals surface area contributed by atoms with E-state index in [1.165, 1.54) is 11.1 Å². The van der Waals surface area contributed by atoms with Gasteiger partial charge >= 0.3 is 5.16 Å². The summed E-state index contributed by atoms with van der Waals surface area (Å²) < 4.78 is 0. The fraction of sp³-hybridized carbons (Fsp3) is 0.154. The summed E-state index contributed by atoms with van der Waals surface area (Å²) in [4.78, 5) is 7.12. The highest BCUT2D eigenvalue weighted by molar-refractivity contribution is 7.98. The third kappa shape index (κ3) is 2.79. The molecule has 5 heteroatoms. The van der Waals surface area contributed by atoms with Crippen LogP contribution in [-0.4, -0.2) is 4.98 Å². The Morgan fingerprint density at radius 2 is 2.22 bits per heavy atom. The average Bonchev–Trinajstić information content (AvgIpc) is 2.38. The second kappa shape index (κ2) is 5.52. The third-order valence-electron chi connectivity index (χ3n) is 2.58. The number of thioether (sulfide) groups is 1. The summed E-state index contributed by atoms with van der Waals surface area (Å²) >= 11 is 1.56. The zero-order valence-electron chi connectivity index (χ0n) is 9.97. The molecule has 2 aromatic rings. The van der Waals surface area contributed by atoms with Gasteiger partial charge in [0.2, 0.25) is 0 Å². The van der Waals surface area contributed by atoms with E-state index in [0.29, 0.717) is 5.56 Å². The minimum Gasteiger partial charge on any atom is -0.362 e. The van der Waals surface area contributed by atoms with Gasteiger partial charge in [-0.25, -0.2) is 4.98 Å². The Hall–Kier alpha value is -2.06. The molecule has 0 amide bonds. The fourth-order valence-electron chi connectivity index (χ4n) is 1.49. The number of nitrogens with two attached hydrogens (primary N) is 1. The molecule has 0 bridgehead atoms. The van der Waals surface area contributed by atoms with Gasteiger partial charge in [-0.3, -0.25) is 0 Å². The van der Waals surface area contributed by atoms with Crippen LogP contribution in [0.5, 0.6) is 0 Å². The summed E-state index contributed by atoms with van der Waals surface area (Å²) in [7, 11) is 0. The number of anilines is 1. The van der Waals surface area contributed by atoms with Gasteiger partial charge in [0.05, 0.1) is 0 Å². The molecule has 0 aliphatic heterocycles. The molecule has 1 aromatic carbocycles. The quantitative estimate of drug-likeness (QED) is 0.673. The Bertz CT molecular complexity index is 604. The van der Waals surface area contributed by atoms with Crippen molar-refractivity contribution in [1.82, 2.24) is 4.98 Å². The van der Waals surface area contributed by atoms with Crippen molar-refractivity contribution in [2.24, 2.45) is 0 Å². The van der Waals surface area contributed by atoms with E-state index in [-0.39, 0.29) is 5.82 Å². The summed E-state index contributed by atoms with van der Waals surface area (Å²) in [6.45, 7) is 2.08. The van der Waals surface area contributed by atoms with Crippen LogP contribution in [0.25, 0.3) is 0 Å². The van der Waals surface area contributed by atoms with Crippen molar-refractivity contribution in [3.8, 4) is 6.07 Å². The first-order chi connectivity index (χ1) is 8.70. The molecule has 18 heavy (non-hydrogen) atoms. The maximum Gasteiger partial charge on any atom is 0.359 e. The fourth-order valence-corrected chi connectivity index (χ4v) is 2.41. The van der Waals surface area contributed by atoms with Gasteiger partial charge in [-0.2, -0.15) is 5.26 Å². The van der Waals surface area contributed by atoms with E-state index in [1.807, 2.05) is 18.2 Å². The van der Waals surface area contributed by atoms with E-state index in [1.54, 1.807) is 18.0 Å². The van der Waals surface area contributed by atoms with Gasteiger partial charge in [0, 0.05) is 5.75 Å². The molecule has 0 saturated heterocycles. The van der Waals surface area contributed by atoms with Gasteiger partial charge < -0.3 is 5.73 Å². The molecule has 0 aliphatic rings. The van der Waals surface area contributed by atoms with Crippen molar-refractivity contribution in [3.63, 3.8) is 0 Å². The minimum absolute atomic E-state index is 0.267. The molecule has 3 N–H and O–H groups in total. The normalized spacial score (nSPS) is 10.0. The van der Waals surface area contributed by atoms with E-state index >= 15 is 0 Å². The number of hydrogen-bond acceptors (Lipinski definition) is 4. The Balaban J connectivity index is 2.10. The molecule has 0 unspecified atom stereocenters. The highest BCUT2D eigenvalue weighted by Gasteiger charge is 2.12. The average molecular weight is 257 g/mol. The van der Waals surface area contributed by atoms with E-state index in [0.717, 1.165) is 10.9 Å². The van der Waals surface area contributed by atoms with E-state index < -0.39 is 0 Å². The maximum absolute atomic E-state index is 8.76. The Morgan fingerprint density at radius 3 is 2.89 bits per heavy atom. The molecule has 1 aromatic heterocycles. The molecular formula is C13H13N4S+. The van der Waals surface area contributed by atoms with Crippen molar-refractivity contribution in [2.75, 3.05) is 5.73 Å². The number of rotatable bonds is 3. The van der Waals surface area contributed by atoms with Crippen LogP contribution < -0.4 is 10.7 Å². The van der Waals surface area contributed by atoms with Gasteiger partial charge in [-0.1, -0.05) is 24.3 Å². The number of benzene rings is 1. The largest absolute Gasteiger partial charge is 0.362 e. The van der Waals surface area contributed by atoms with Gasteiger partial charge in [0.25, 0.3) is 5.82 Å². The highest BCUT2D eigenvalue weighted by atomic mass is 32.2. The predicted molar refractivity (Wildman–Crippen MR) is 70.7 cm³/mol. The molecule has 1 heterocycles. The van der Waals surface area contributed by atoms with Gasteiger partial charge in [-0.15, -0.1) is 0 Å². The molecule has 0 atom stereocenters. The second-order valence-electron chi connectivity index (χ2n) is 3.83. The van der Waals surface area contributed by atoms with Crippen LogP contribution in [0.2, 0.25) is 0 Å². The predicted octanol–water partition coefficient (Wildman–Crippen LogP) is 1.95. The second-order valence-corrected chi connectivity index (χ2v) is 4.80. The molecule has 2 rings (SSSR count). The van der Waals surface area contributed by atoms with Gasteiger partial charge in [0.1, 0.15) is 12.3 Å². The van der Waals surface area contributed by atoms with Crippen LogP contribution in [-0.2, 0) is 5.75 Å². The summed E-state index contributed by atoms with van der Waals surface area (Å²) in [5, 5.41) is 9.47. The summed E-state index contributed by atoms with van der Waals surface area (Å²) in [6.07, 6.45) is 1.59. The lowest BCUT2D eigenvalue weighted by Gasteiger charge is -2.01. The number of H-pyrrole nitrogens is 1. The molecule has 0 saturated carbocycles. The summed E-state index contributed by atoms with van der Waals surface area (Å²) in [5.74, 6) is 1.09. The molecule has 0 fully saturated rings. The zero-order chi connectivity index (χ0) is 13.0. The monoisotopic (exact) mass is 257 g/mol. The molecule has 4 nitrogen and oxygen atoms in total. The number of nitrogen functional groups attached to an aromatic ring is 1. The Labute approximate surface area is 110 Å². The smallest absolute Gasteiger partial charge is 0.359 e. The molecule has 0 spiro atoms. The van der Waals surface area contributed by atoms with Crippen LogP contribution in [0.3, 0.4) is 0 Å². The number of nitrogens with zero attached hydrogens (tertiary/aromatic N) is 2. The number of aromatic amines is 1. The number of aromatic nitrogens is 2. The molecule has 0 radical (unpaired) electrons. The minimum atomic E-state index is 0.267. The van der Waals surface area contributed by atoms with Crippen molar-refractivity contribution in [2.45, 2.75) is 17.8 Å². The lowest BCUT2D eigenvalue weighted by molar-refractivity contribution is -0.433. The first-order valence-corrected chi connectivity index (χ1v) is 6.45. The molecular weight excluding hydrogens is 244 g/mol. The van der Waals surface area contributed by atoms with Gasteiger partial charge in [0.15, 0.2) is 5.56 Å². The zero-order valence-corrected chi connectivity index (χ0v) is 10.8. The first kappa shape index (κ1) is 12.4. The van der Waals surface area contributed by atoms with E-state index in [4.69, 9.17) is 11.0 Å². The molecule has 0 aliphatic carbocycles. The third-order valence-corrected chi connectivity index (χ3v) is 3.52. The number of aryl methyl sites for hydroxylation is 1. The highest BCUT2D eigenvalue weighted by Crippen LogP contribution is 2.20. The van der Waals surface area contributed by atoms with E-state index in [9.17, 15) is 0 Å². The van der Waals surface area contributed by atoms with Crippen LogP contribution in [0.4, 0.5) is 5.82 Å². The first-order valence-electron chi connectivity index (χ1n) is 5.46. The van der Waals surface area contributed by atoms with Crippen LogP contribution >= 0.6 is 11.8 Å². The Morgan fingerprint density at radius 1 is 1.44 bits per heavy atom. The summed E-state index contributed by atoms with van der Waals surface area (Å²) in [5.41, 5.74) is 8.55. The van der Waals surface area contributed by atoms with Crippen LogP contribution in [0, 0.1) is 18.3 Å².